The van der Waals surface area contributed by atoms with Crippen molar-refractivity contribution in [3.05, 3.63) is 0 Å². The first-order valence-electron chi connectivity index (χ1n) is 6.04. The molecule has 2 amide bonds. The number of nitrogens with two attached hydrogens (primary N) is 1. The van der Waals surface area contributed by atoms with Crippen LogP contribution in [-0.2, 0) is 14.4 Å². The zero-order valence-corrected chi connectivity index (χ0v) is 10.8. The Bertz CT molecular complexity index is 370. The third-order valence-electron chi connectivity index (χ3n) is 3.58. The van der Waals surface area contributed by atoms with E-state index in [-0.39, 0.29) is 6.42 Å². The number of carbonyl (C=O) groups is 3. The first-order valence-corrected chi connectivity index (χ1v) is 6.04. The van der Waals surface area contributed by atoms with E-state index in [9.17, 15) is 19.5 Å². The molecule has 0 saturated heterocycles. The van der Waals surface area contributed by atoms with Gasteiger partial charge in [-0.05, 0) is 26.7 Å². The molecular formula is C12H20N2O4. The Morgan fingerprint density at radius 1 is 1.28 bits per heavy atom. The van der Waals surface area contributed by atoms with Crippen molar-refractivity contribution in [3.8, 4) is 0 Å². The molecule has 0 unspecified atom stereocenters. The molecule has 1 aliphatic rings. The molecule has 0 aromatic carbocycles. The summed E-state index contributed by atoms with van der Waals surface area (Å²) in [5.41, 5.74) is 3.02. The predicted molar refractivity (Wildman–Crippen MR) is 64.6 cm³/mol. The highest BCUT2D eigenvalue weighted by molar-refractivity contribution is 5.91. The van der Waals surface area contributed by atoms with Gasteiger partial charge in [-0.2, -0.15) is 0 Å². The second-order valence-corrected chi connectivity index (χ2v) is 5.51. The quantitative estimate of drug-likeness (QED) is 0.661. The van der Waals surface area contributed by atoms with Gasteiger partial charge in [0.1, 0.15) is 5.54 Å². The topological polar surface area (TPSA) is 109 Å². The Kier molecular flexibility index (Phi) is 3.98. The maximum Gasteiger partial charge on any atom is 0.310 e. The Morgan fingerprint density at radius 2 is 1.78 bits per heavy atom. The Balaban J connectivity index is 2.69. The maximum atomic E-state index is 11.8. The second-order valence-electron chi connectivity index (χ2n) is 5.51. The number of rotatable bonds is 5. The molecule has 4 N–H and O–H groups in total. The lowest BCUT2D eigenvalue weighted by Gasteiger charge is -2.27. The van der Waals surface area contributed by atoms with Gasteiger partial charge in [0.05, 0.1) is 5.41 Å². The standard InChI is InChI=1S/C12H20N2O4/c1-11(2,9(13)16)14-8(15)7-12(10(17)18)5-3-4-6-12/h3-7H2,1-2H3,(H2,13,16)(H,14,15)(H,17,18). The summed E-state index contributed by atoms with van der Waals surface area (Å²) in [5.74, 6) is -2.03. The lowest BCUT2D eigenvalue weighted by Crippen LogP contribution is -2.54. The number of primary amides is 1. The molecule has 0 atom stereocenters. The number of nitrogens with one attached hydrogen (secondary N) is 1. The van der Waals surface area contributed by atoms with Crippen LogP contribution in [0.1, 0.15) is 46.0 Å². The minimum Gasteiger partial charge on any atom is -0.481 e. The van der Waals surface area contributed by atoms with E-state index in [0.29, 0.717) is 12.8 Å². The van der Waals surface area contributed by atoms with Gasteiger partial charge in [-0.1, -0.05) is 12.8 Å². The summed E-state index contributed by atoms with van der Waals surface area (Å²) in [4.78, 5) is 34.2. The highest BCUT2D eigenvalue weighted by Gasteiger charge is 2.43. The summed E-state index contributed by atoms with van der Waals surface area (Å²) >= 11 is 0. The number of carboxylic acids is 1. The van der Waals surface area contributed by atoms with Crippen LogP contribution < -0.4 is 11.1 Å². The highest BCUT2D eigenvalue weighted by atomic mass is 16.4. The molecule has 0 heterocycles. The van der Waals surface area contributed by atoms with Gasteiger partial charge < -0.3 is 16.2 Å². The molecule has 1 fully saturated rings. The number of hydrogen-bond acceptors (Lipinski definition) is 3. The SMILES string of the molecule is CC(C)(NC(=O)CC1(C(=O)O)CCCC1)C(N)=O. The summed E-state index contributed by atoms with van der Waals surface area (Å²) < 4.78 is 0. The van der Waals surface area contributed by atoms with Gasteiger partial charge in [0.15, 0.2) is 0 Å². The molecule has 1 saturated carbocycles. The lowest BCUT2D eigenvalue weighted by atomic mass is 9.82. The monoisotopic (exact) mass is 256 g/mol. The molecule has 1 aliphatic carbocycles. The average Bonchev–Trinajstić information content (AvgIpc) is 2.66. The van der Waals surface area contributed by atoms with Gasteiger partial charge in [0.25, 0.3) is 0 Å². The minimum absolute atomic E-state index is 0.0982. The fourth-order valence-corrected chi connectivity index (χ4v) is 2.28. The van der Waals surface area contributed by atoms with Crippen LogP contribution in [0.15, 0.2) is 0 Å². The van der Waals surface area contributed by atoms with Crippen LogP contribution >= 0.6 is 0 Å². The lowest BCUT2D eigenvalue weighted by molar-refractivity contribution is -0.151. The molecular weight excluding hydrogens is 236 g/mol. The van der Waals surface area contributed by atoms with Crippen molar-refractivity contribution in [3.63, 3.8) is 0 Å². The molecule has 0 aliphatic heterocycles. The summed E-state index contributed by atoms with van der Waals surface area (Å²) in [6, 6.07) is 0. The number of aliphatic carboxylic acids is 1. The van der Waals surface area contributed by atoms with Gasteiger partial charge in [0, 0.05) is 6.42 Å². The van der Waals surface area contributed by atoms with Gasteiger partial charge in [0.2, 0.25) is 11.8 Å². The normalized spacial score (nSPS) is 18.3. The number of carbonyl (C=O) groups excluding carboxylic acids is 2. The van der Waals surface area contributed by atoms with Crippen LogP contribution in [0.5, 0.6) is 0 Å². The first-order chi connectivity index (χ1) is 8.19. The molecule has 102 valence electrons. The van der Waals surface area contributed by atoms with E-state index < -0.39 is 28.7 Å². The highest BCUT2D eigenvalue weighted by Crippen LogP contribution is 2.41. The Morgan fingerprint density at radius 3 is 2.17 bits per heavy atom. The molecule has 18 heavy (non-hydrogen) atoms. The summed E-state index contributed by atoms with van der Waals surface area (Å²) in [5, 5.41) is 11.7. The van der Waals surface area contributed by atoms with Crippen LogP contribution in [0.25, 0.3) is 0 Å². The number of hydrogen-bond donors (Lipinski definition) is 3. The molecule has 0 radical (unpaired) electrons. The van der Waals surface area contributed by atoms with Crippen LogP contribution in [0.4, 0.5) is 0 Å². The summed E-state index contributed by atoms with van der Waals surface area (Å²) in [6.45, 7) is 2.99. The third-order valence-corrected chi connectivity index (χ3v) is 3.58. The van der Waals surface area contributed by atoms with Crippen molar-refractivity contribution >= 4 is 17.8 Å². The Labute approximate surface area is 106 Å². The fraction of sp³-hybridized carbons (Fsp3) is 0.750. The minimum atomic E-state index is -1.16. The fourth-order valence-electron chi connectivity index (χ4n) is 2.28. The largest absolute Gasteiger partial charge is 0.481 e. The molecule has 0 aromatic heterocycles. The van der Waals surface area contributed by atoms with Crippen molar-refractivity contribution in [1.82, 2.24) is 5.32 Å². The van der Waals surface area contributed by atoms with Crippen LogP contribution in [-0.4, -0.2) is 28.4 Å². The average molecular weight is 256 g/mol. The van der Waals surface area contributed by atoms with E-state index in [1.807, 2.05) is 0 Å². The smallest absolute Gasteiger partial charge is 0.310 e. The van der Waals surface area contributed by atoms with Crippen molar-refractivity contribution in [1.29, 1.82) is 0 Å². The second kappa shape index (κ2) is 4.96. The Hall–Kier alpha value is -1.59. The molecule has 0 spiro atoms. The van der Waals surface area contributed by atoms with Crippen molar-refractivity contribution in [2.75, 3.05) is 0 Å². The molecule has 1 rings (SSSR count). The van der Waals surface area contributed by atoms with Crippen molar-refractivity contribution in [2.24, 2.45) is 11.1 Å². The summed E-state index contributed by atoms with van der Waals surface area (Å²) in [6.07, 6.45) is 2.55. The van der Waals surface area contributed by atoms with Gasteiger partial charge in [-0.15, -0.1) is 0 Å². The van der Waals surface area contributed by atoms with E-state index >= 15 is 0 Å². The van der Waals surface area contributed by atoms with Gasteiger partial charge >= 0.3 is 5.97 Å². The van der Waals surface area contributed by atoms with Gasteiger partial charge in [-0.25, -0.2) is 0 Å². The van der Waals surface area contributed by atoms with E-state index in [1.54, 1.807) is 0 Å². The zero-order chi connectivity index (χ0) is 14.0. The van der Waals surface area contributed by atoms with Crippen LogP contribution in [0.3, 0.4) is 0 Å². The molecule has 0 aromatic rings. The van der Waals surface area contributed by atoms with E-state index in [4.69, 9.17) is 5.73 Å². The number of amides is 2. The zero-order valence-electron chi connectivity index (χ0n) is 10.8. The van der Waals surface area contributed by atoms with E-state index in [0.717, 1.165) is 12.8 Å². The van der Waals surface area contributed by atoms with E-state index in [1.165, 1.54) is 13.8 Å². The molecule has 6 nitrogen and oxygen atoms in total. The third kappa shape index (κ3) is 3.00. The molecule has 0 bridgehead atoms. The molecule has 6 heteroatoms. The van der Waals surface area contributed by atoms with E-state index in [2.05, 4.69) is 5.32 Å². The summed E-state index contributed by atoms with van der Waals surface area (Å²) in [7, 11) is 0. The van der Waals surface area contributed by atoms with Gasteiger partial charge in [-0.3, -0.25) is 14.4 Å². The maximum absolute atomic E-state index is 11.8. The van der Waals surface area contributed by atoms with Crippen LogP contribution in [0, 0.1) is 5.41 Å². The number of carboxylic acid groups (broad SMARTS) is 1. The predicted octanol–water partition coefficient (Wildman–Crippen LogP) is 0.402. The van der Waals surface area contributed by atoms with Crippen molar-refractivity contribution in [2.45, 2.75) is 51.5 Å². The van der Waals surface area contributed by atoms with Crippen molar-refractivity contribution < 1.29 is 19.5 Å². The first kappa shape index (κ1) is 14.5. The van der Waals surface area contributed by atoms with Crippen LogP contribution in [0.2, 0.25) is 0 Å².